The number of para-hydroxylation sites is 1. The molecule has 0 amide bonds. The third kappa shape index (κ3) is 6.48. The number of hydrogen-bond acceptors (Lipinski definition) is 1. The molecule has 1 aliphatic heterocycles. The highest BCUT2D eigenvalue weighted by Crippen LogP contribution is 2.40. The lowest BCUT2D eigenvalue weighted by Gasteiger charge is -2.20. The van der Waals surface area contributed by atoms with Gasteiger partial charge in [0.1, 0.15) is 7.05 Å². The van der Waals surface area contributed by atoms with Crippen LogP contribution >= 0.6 is 23.2 Å². The molecule has 0 atom stereocenters. The van der Waals surface area contributed by atoms with E-state index in [9.17, 15) is 5.11 Å². The minimum Gasteiger partial charge on any atom is -0.872 e. The first-order valence-corrected chi connectivity index (χ1v) is 18.4. The van der Waals surface area contributed by atoms with Crippen molar-refractivity contribution in [3.8, 4) is 56.2 Å². The van der Waals surface area contributed by atoms with Crippen LogP contribution < -0.4 is 9.67 Å². The van der Waals surface area contributed by atoms with E-state index >= 15 is 0 Å². The van der Waals surface area contributed by atoms with Crippen LogP contribution in [0.4, 0.5) is 5.69 Å². The van der Waals surface area contributed by atoms with E-state index in [0.29, 0.717) is 21.2 Å². The zero-order valence-corrected chi connectivity index (χ0v) is 31.2. The molecule has 7 aromatic rings. The molecule has 0 saturated heterocycles. The number of nitrogens with zero attached hydrogens (tertiary/aromatic N) is 2. The third-order valence-electron chi connectivity index (χ3n) is 10.3. The molecular weight excluding hydrogens is 691 g/mol. The SMILES string of the molecule is C[N+]1=C(/C=C\c2cc(-[n+]3c(-c4ccc(Cl)cc4)cc(-c4ccccc4)cc3-c3ccc(Cl)cc3)cc(-c3ccccc3)c2[O-])C(C)(C)c2ccccc21. The van der Waals surface area contributed by atoms with E-state index in [0.717, 1.165) is 50.6 Å². The zero-order chi connectivity index (χ0) is 36.7. The summed E-state index contributed by atoms with van der Waals surface area (Å²) in [6.07, 6.45) is 4.10. The first kappa shape index (κ1) is 34.4. The van der Waals surface area contributed by atoms with Crippen LogP contribution in [0, 0.1) is 0 Å². The molecule has 0 fully saturated rings. The quantitative estimate of drug-likeness (QED) is 0.150. The molecule has 53 heavy (non-hydrogen) atoms. The Morgan fingerprint density at radius 3 is 1.64 bits per heavy atom. The van der Waals surface area contributed by atoms with Gasteiger partial charge >= 0.3 is 0 Å². The smallest absolute Gasteiger partial charge is 0.219 e. The molecule has 1 aromatic heterocycles. The van der Waals surface area contributed by atoms with Crippen molar-refractivity contribution in [2.24, 2.45) is 0 Å². The molecule has 0 bridgehead atoms. The molecule has 2 heterocycles. The lowest BCUT2D eigenvalue weighted by Crippen LogP contribution is -2.36. The van der Waals surface area contributed by atoms with E-state index in [1.165, 1.54) is 11.3 Å². The number of rotatable bonds is 7. The van der Waals surface area contributed by atoms with Crippen LogP contribution in [0.3, 0.4) is 0 Å². The molecule has 0 N–H and O–H groups in total. The van der Waals surface area contributed by atoms with Crippen molar-refractivity contribution in [1.82, 2.24) is 0 Å². The summed E-state index contributed by atoms with van der Waals surface area (Å²) in [6, 6.07) is 53.1. The van der Waals surface area contributed by atoms with E-state index < -0.39 is 0 Å². The maximum absolute atomic E-state index is 14.5. The van der Waals surface area contributed by atoms with Crippen molar-refractivity contribution in [2.75, 3.05) is 7.05 Å². The first-order chi connectivity index (χ1) is 25.7. The van der Waals surface area contributed by atoms with Crippen LogP contribution in [0.15, 0.2) is 164 Å². The summed E-state index contributed by atoms with van der Waals surface area (Å²) in [5, 5.41) is 15.8. The van der Waals surface area contributed by atoms with Gasteiger partial charge in [-0.2, -0.15) is 9.14 Å². The summed E-state index contributed by atoms with van der Waals surface area (Å²) in [5.74, 6) is -0.0321. The molecule has 1 aliphatic rings. The van der Waals surface area contributed by atoms with E-state index in [1.54, 1.807) is 0 Å². The van der Waals surface area contributed by atoms with Gasteiger partial charge in [0, 0.05) is 63.1 Å². The van der Waals surface area contributed by atoms with Gasteiger partial charge in [-0.25, -0.2) is 0 Å². The fraction of sp³-hybridized carbons (Fsp3) is 0.0833. The molecule has 5 heteroatoms. The Kier molecular flexibility index (Phi) is 9.08. The standard InChI is InChI=1S/C48H37Cl2N2O/c1-48(2)42-16-10-11-17-43(42)51(3)46(48)27-22-36-28-40(31-41(47(36)53)33-14-8-5-9-15-33)52-44(34-18-23-38(49)24-19-34)29-37(32-12-6-4-7-13-32)30-45(52)35-20-25-39(50)26-21-35/h4-31H,1-3H3/q+1. The largest absolute Gasteiger partial charge is 0.872 e. The second-order valence-electron chi connectivity index (χ2n) is 13.9. The second-order valence-corrected chi connectivity index (χ2v) is 14.8. The highest BCUT2D eigenvalue weighted by Gasteiger charge is 2.42. The van der Waals surface area contributed by atoms with Gasteiger partial charge in [-0.05, 0) is 96.3 Å². The van der Waals surface area contributed by atoms with Crippen molar-refractivity contribution in [1.29, 1.82) is 0 Å². The molecule has 6 aromatic carbocycles. The van der Waals surface area contributed by atoms with Crippen molar-refractivity contribution >= 4 is 40.7 Å². The van der Waals surface area contributed by atoms with Gasteiger partial charge in [-0.1, -0.05) is 108 Å². The Bertz CT molecular complexity index is 2470. The minimum absolute atomic E-state index is 0.0321. The second kappa shape index (κ2) is 14.0. The number of aromatic nitrogens is 1. The molecule has 0 aliphatic carbocycles. The molecule has 0 radical (unpaired) electrons. The van der Waals surface area contributed by atoms with E-state index in [2.05, 4.69) is 96.8 Å². The highest BCUT2D eigenvalue weighted by atomic mass is 35.5. The van der Waals surface area contributed by atoms with Crippen molar-refractivity contribution < 1.29 is 14.2 Å². The van der Waals surface area contributed by atoms with Gasteiger partial charge in [0.15, 0.2) is 5.71 Å². The summed E-state index contributed by atoms with van der Waals surface area (Å²) < 4.78 is 4.48. The van der Waals surface area contributed by atoms with Gasteiger partial charge < -0.3 is 5.11 Å². The molecular formula is C48H37Cl2N2O+. The van der Waals surface area contributed by atoms with Crippen LogP contribution in [0.25, 0.3) is 56.5 Å². The topological polar surface area (TPSA) is 29.9 Å². The van der Waals surface area contributed by atoms with Crippen LogP contribution in [0.2, 0.25) is 10.0 Å². The lowest BCUT2D eigenvalue weighted by molar-refractivity contribution is -0.572. The van der Waals surface area contributed by atoms with Gasteiger partial charge in [-0.15, -0.1) is 0 Å². The Morgan fingerprint density at radius 1 is 0.547 bits per heavy atom. The fourth-order valence-corrected chi connectivity index (χ4v) is 7.78. The van der Waals surface area contributed by atoms with Crippen LogP contribution in [0.1, 0.15) is 25.0 Å². The van der Waals surface area contributed by atoms with E-state index in [-0.39, 0.29) is 11.2 Å². The minimum atomic E-state index is -0.240. The van der Waals surface area contributed by atoms with Crippen molar-refractivity contribution in [3.05, 3.63) is 185 Å². The first-order valence-electron chi connectivity index (χ1n) is 17.7. The van der Waals surface area contributed by atoms with Crippen LogP contribution in [0.5, 0.6) is 5.75 Å². The predicted octanol–water partition coefficient (Wildman–Crippen LogP) is 11.7. The van der Waals surface area contributed by atoms with Gasteiger partial charge in [0.2, 0.25) is 22.8 Å². The number of pyridine rings is 1. The number of fused-ring (bicyclic) bond motifs is 1. The summed E-state index contributed by atoms with van der Waals surface area (Å²) in [6.45, 7) is 4.47. The number of allylic oxidation sites excluding steroid dienone is 1. The maximum Gasteiger partial charge on any atom is 0.219 e. The van der Waals surface area contributed by atoms with E-state index in [4.69, 9.17) is 23.2 Å². The number of benzene rings is 6. The summed E-state index contributed by atoms with van der Waals surface area (Å²) >= 11 is 12.9. The summed E-state index contributed by atoms with van der Waals surface area (Å²) in [4.78, 5) is 0. The predicted molar refractivity (Wildman–Crippen MR) is 219 cm³/mol. The summed E-state index contributed by atoms with van der Waals surface area (Å²) in [5.41, 5.74) is 12.2. The Balaban J connectivity index is 1.42. The third-order valence-corrected chi connectivity index (χ3v) is 10.8. The van der Waals surface area contributed by atoms with Crippen LogP contribution in [-0.4, -0.2) is 17.3 Å². The highest BCUT2D eigenvalue weighted by molar-refractivity contribution is 6.31. The molecule has 0 spiro atoms. The van der Waals surface area contributed by atoms with Crippen molar-refractivity contribution in [3.63, 3.8) is 0 Å². The Morgan fingerprint density at radius 2 is 1.08 bits per heavy atom. The number of hydrogen-bond donors (Lipinski definition) is 0. The number of halogens is 2. The monoisotopic (exact) mass is 727 g/mol. The molecule has 3 nitrogen and oxygen atoms in total. The average Bonchev–Trinajstić information content (AvgIpc) is 3.38. The average molecular weight is 729 g/mol. The Hall–Kier alpha value is -5.74. The maximum atomic E-state index is 14.5. The van der Waals surface area contributed by atoms with Gasteiger partial charge in [0.05, 0.1) is 5.41 Å². The Labute approximate surface area is 321 Å². The zero-order valence-electron chi connectivity index (χ0n) is 29.7. The normalized spacial score (nSPS) is 13.5. The fourth-order valence-electron chi connectivity index (χ4n) is 7.53. The lowest BCUT2D eigenvalue weighted by atomic mass is 9.81. The summed E-state index contributed by atoms with van der Waals surface area (Å²) in [7, 11) is 2.10. The van der Waals surface area contributed by atoms with Crippen LogP contribution in [-0.2, 0) is 5.41 Å². The molecule has 0 saturated carbocycles. The van der Waals surface area contributed by atoms with Gasteiger partial charge in [0.25, 0.3) is 0 Å². The molecule has 8 rings (SSSR count). The molecule has 258 valence electrons. The van der Waals surface area contributed by atoms with Gasteiger partial charge in [-0.3, -0.25) is 0 Å². The van der Waals surface area contributed by atoms with Crippen molar-refractivity contribution in [2.45, 2.75) is 19.3 Å². The molecule has 0 unspecified atom stereocenters. The van der Waals surface area contributed by atoms with E-state index in [1.807, 2.05) is 103 Å².